The van der Waals surface area contributed by atoms with Gasteiger partial charge in [0.15, 0.2) is 0 Å². The normalized spacial score (nSPS) is 32.3. The number of fused-ring (bicyclic) bond motifs is 1. The molecule has 2 aliphatic heterocycles. The van der Waals surface area contributed by atoms with E-state index in [-0.39, 0.29) is 35.2 Å². The van der Waals surface area contributed by atoms with Crippen LogP contribution in [0.1, 0.15) is 108 Å². The molecule has 1 aromatic rings. The van der Waals surface area contributed by atoms with Crippen molar-refractivity contribution in [2.75, 3.05) is 111 Å². The first kappa shape index (κ1) is 51.5. The lowest BCUT2D eigenvalue weighted by Gasteiger charge is -2.56. The van der Waals surface area contributed by atoms with Crippen molar-refractivity contribution in [2.45, 2.75) is 138 Å². The Bertz CT molecular complexity index is 1600. The molecule has 3 N–H and O–H groups in total. The fourth-order valence-corrected chi connectivity index (χ4v) is 15.6. The standard InChI is InChI=1S/C53H83N3O12S/c57-49(4-2-1-3-48-50-47(37-69-48)55-51(58)56-50)54-36-44-27-45(65-17-13-61-9-5-59-7-11-63-15-19-67-52-30-38-21-39(31-52)23-40(22-38)32-52)29-46(28-44)66-18-14-62-10-6-60-8-12-64-16-20-68-53-33-41-24-42(34-53)26-43(25-41)35-53/h27-29,38-43,47-48,50H,1-26,30-37H2,(H,54,57)(H2,55,56,58)/t38?,39?,40?,41?,42?,43?,47-,48-,50-,52?,53?/m0/s1. The van der Waals surface area contributed by atoms with E-state index in [1.807, 2.05) is 30.0 Å². The molecule has 2 saturated heterocycles. The number of ether oxygens (including phenoxy) is 10. The van der Waals surface area contributed by atoms with Crippen molar-refractivity contribution in [1.82, 2.24) is 16.0 Å². The molecule has 1 aromatic carbocycles. The van der Waals surface area contributed by atoms with Crippen LogP contribution in [0.15, 0.2) is 18.2 Å². The number of amides is 3. The van der Waals surface area contributed by atoms with E-state index in [4.69, 9.17) is 47.4 Å². The number of unbranched alkanes of at least 4 members (excludes halogenated alkanes) is 1. The number of thioether (sulfide) groups is 1. The second kappa shape index (κ2) is 26.0. The van der Waals surface area contributed by atoms with Crippen molar-refractivity contribution in [3.8, 4) is 11.5 Å². The highest BCUT2D eigenvalue weighted by molar-refractivity contribution is 8.00. The first-order valence-corrected chi connectivity index (χ1v) is 28.0. The molecule has 0 spiro atoms. The van der Waals surface area contributed by atoms with Crippen molar-refractivity contribution in [1.29, 1.82) is 0 Å². The first-order valence-electron chi connectivity index (χ1n) is 26.9. The van der Waals surface area contributed by atoms with Crippen LogP contribution in [0.5, 0.6) is 11.5 Å². The van der Waals surface area contributed by atoms with Crippen LogP contribution in [0, 0.1) is 35.5 Å². The van der Waals surface area contributed by atoms with E-state index >= 15 is 0 Å². The summed E-state index contributed by atoms with van der Waals surface area (Å²) in [6.07, 6.45) is 19.2. The van der Waals surface area contributed by atoms with Crippen LogP contribution in [0.3, 0.4) is 0 Å². The molecular weight excluding hydrogens is 903 g/mol. The average Bonchev–Trinajstić information content (AvgIpc) is 3.88. The van der Waals surface area contributed by atoms with Gasteiger partial charge in [-0.05, 0) is 143 Å². The third-order valence-electron chi connectivity index (χ3n) is 16.2. The molecule has 8 bridgehead atoms. The van der Waals surface area contributed by atoms with Crippen LogP contribution in [-0.2, 0) is 49.2 Å². The summed E-state index contributed by atoms with van der Waals surface area (Å²) in [5, 5.41) is 9.51. The van der Waals surface area contributed by atoms with Crippen molar-refractivity contribution in [3.63, 3.8) is 0 Å². The quantitative estimate of drug-likeness (QED) is 0.0479. The molecule has 8 saturated carbocycles. The number of nitrogens with one attached hydrogen (secondary N) is 3. The van der Waals surface area contributed by atoms with Gasteiger partial charge >= 0.3 is 6.03 Å². The number of rotatable bonds is 35. The molecular formula is C53H83N3O12S. The Morgan fingerprint density at radius 3 is 1.42 bits per heavy atom. The van der Waals surface area contributed by atoms with Crippen LogP contribution in [0.2, 0.25) is 0 Å². The highest BCUT2D eigenvalue weighted by Crippen LogP contribution is 2.58. The lowest BCUT2D eigenvalue weighted by atomic mass is 9.54. The van der Waals surface area contributed by atoms with E-state index in [0.717, 1.165) is 66.1 Å². The molecule has 0 aromatic heterocycles. The molecule has 3 amide bonds. The Labute approximate surface area is 415 Å². The summed E-state index contributed by atoms with van der Waals surface area (Å²) in [7, 11) is 0. The fourth-order valence-electron chi connectivity index (χ4n) is 14.0. The van der Waals surface area contributed by atoms with Gasteiger partial charge in [0.25, 0.3) is 0 Å². The Morgan fingerprint density at radius 2 is 0.971 bits per heavy atom. The zero-order valence-corrected chi connectivity index (χ0v) is 42.1. The molecule has 10 aliphatic rings. The van der Waals surface area contributed by atoms with E-state index in [0.29, 0.717) is 135 Å². The van der Waals surface area contributed by atoms with Crippen LogP contribution >= 0.6 is 11.8 Å². The number of urea groups is 1. The maximum absolute atomic E-state index is 12.9. The summed E-state index contributed by atoms with van der Waals surface area (Å²) in [4.78, 5) is 24.6. The number of hydrogen-bond acceptors (Lipinski definition) is 13. The highest BCUT2D eigenvalue weighted by Gasteiger charge is 2.53. The lowest BCUT2D eigenvalue weighted by molar-refractivity contribution is -0.169. The van der Waals surface area contributed by atoms with Crippen molar-refractivity contribution in [3.05, 3.63) is 23.8 Å². The van der Waals surface area contributed by atoms with E-state index in [1.165, 1.54) is 77.0 Å². The third kappa shape index (κ3) is 15.6. The molecule has 388 valence electrons. The van der Waals surface area contributed by atoms with Crippen LogP contribution in [0.4, 0.5) is 4.79 Å². The molecule has 0 unspecified atom stereocenters. The van der Waals surface area contributed by atoms with Crippen LogP contribution < -0.4 is 25.4 Å². The molecule has 69 heavy (non-hydrogen) atoms. The fraction of sp³-hybridized carbons (Fsp3) is 0.849. The van der Waals surface area contributed by atoms with Crippen LogP contribution in [0.25, 0.3) is 0 Å². The van der Waals surface area contributed by atoms with Crippen molar-refractivity contribution >= 4 is 23.7 Å². The summed E-state index contributed by atoms with van der Waals surface area (Å²) in [5.74, 6) is 7.55. The van der Waals surface area contributed by atoms with Gasteiger partial charge in [0.2, 0.25) is 5.91 Å². The minimum absolute atomic E-state index is 0.00361. The second-order valence-electron chi connectivity index (χ2n) is 21.7. The van der Waals surface area contributed by atoms with Gasteiger partial charge in [-0.25, -0.2) is 4.79 Å². The van der Waals surface area contributed by atoms with Gasteiger partial charge in [-0.15, -0.1) is 0 Å². The molecule has 10 fully saturated rings. The van der Waals surface area contributed by atoms with Crippen molar-refractivity contribution in [2.24, 2.45) is 35.5 Å². The van der Waals surface area contributed by atoms with E-state index in [1.54, 1.807) is 0 Å². The third-order valence-corrected chi connectivity index (χ3v) is 17.7. The van der Waals surface area contributed by atoms with E-state index < -0.39 is 0 Å². The maximum atomic E-state index is 12.9. The molecule has 8 aliphatic carbocycles. The Morgan fingerprint density at radius 1 is 0.551 bits per heavy atom. The molecule has 15 nitrogen and oxygen atoms in total. The average molecular weight is 986 g/mol. The van der Waals surface area contributed by atoms with Gasteiger partial charge in [0.1, 0.15) is 24.7 Å². The molecule has 11 rings (SSSR count). The van der Waals surface area contributed by atoms with Crippen LogP contribution in [-0.4, -0.2) is 152 Å². The molecule has 0 radical (unpaired) electrons. The Kier molecular flexibility index (Phi) is 19.4. The van der Waals surface area contributed by atoms with Gasteiger partial charge in [0.05, 0.1) is 116 Å². The number of carbonyl (C=O) groups is 2. The SMILES string of the molecule is O=C(CCCC[C@@H]1SC[C@@H]2NC(=O)N[C@@H]21)NCc1cc(OCCOCCOCCOCCOC23CC4CC(CC(C4)C2)C3)cc(OCCOCCOCCOCCOC23CC4CC(CC(C4)C2)C3)c1. The smallest absolute Gasteiger partial charge is 0.315 e. The Balaban J connectivity index is 0.608. The number of benzene rings is 1. The minimum Gasteiger partial charge on any atom is -0.491 e. The summed E-state index contributed by atoms with van der Waals surface area (Å²) in [5.41, 5.74) is 1.14. The summed E-state index contributed by atoms with van der Waals surface area (Å²) < 4.78 is 59.7. The maximum Gasteiger partial charge on any atom is 0.315 e. The largest absolute Gasteiger partial charge is 0.491 e. The Hall–Kier alpha value is -2.41. The van der Waals surface area contributed by atoms with E-state index in [2.05, 4.69) is 16.0 Å². The molecule has 3 atom stereocenters. The van der Waals surface area contributed by atoms with Gasteiger partial charge < -0.3 is 63.3 Å². The van der Waals surface area contributed by atoms with Gasteiger partial charge in [-0.2, -0.15) is 11.8 Å². The molecule has 16 heteroatoms. The second-order valence-corrected chi connectivity index (χ2v) is 23.0. The van der Waals surface area contributed by atoms with E-state index in [9.17, 15) is 9.59 Å². The predicted molar refractivity (Wildman–Crippen MR) is 262 cm³/mol. The highest BCUT2D eigenvalue weighted by atomic mass is 32.2. The monoisotopic (exact) mass is 986 g/mol. The predicted octanol–water partition coefficient (Wildman–Crippen LogP) is 6.86. The zero-order chi connectivity index (χ0) is 47.1. The van der Waals surface area contributed by atoms with Crippen molar-refractivity contribution < 1.29 is 57.0 Å². The first-order chi connectivity index (χ1) is 33.8. The van der Waals surface area contributed by atoms with Gasteiger partial charge in [-0.3, -0.25) is 4.79 Å². The summed E-state index contributed by atoms with van der Waals surface area (Å²) >= 11 is 1.90. The van der Waals surface area contributed by atoms with Gasteiger partial charge in [-0.1, -0.05) is 6.42 Å². The lowest BCUT2D eigenvalue weighted by Crippen LogP contribution is -2.52. The summed E-state index contributed by atoms with van der Waals surface area (Å²) in [6.45, 7) is 8.45. The number of hydrogen-bond donors (Lipinski definition) is 3. The van der Waals surface area contributed by atoms with Gasteiger partial charge in [0, 0.05) is 30.0 Å². The number of carbonyl (C=O) groups excluding carboxylic acids is 2. The topological polar surface area (TPSA) is 163 Å². The molecule has 2 heterocycles. The zero-order valence-electron chi connectivity index (χ0n) is 41.3. The minimum atomic E-state index is -0.0683. The summed E-state index contributed by atoms with van der Waals surface area (Å²) in [6, 6.07) is 6.04.